The Labute approximate surface area is 150 Å². The minimum atomic E-state index is -0.530. The van der Waals surface area contributed by atoms with E-state index in [-0.39, 0.29) is 17.9 Å². The molecule has 0 fully saturated rings. The quantitative estimate of drug-likeness (QED) is 0.695. The number of halogens is 1. The van der Waals surface area contributed by atoms with Crippen LogP contribution in [-0.4, -0.2) is 17.2 Å². The van der Waals surface area contributed by atoms with Crippen molar-refractivity contribution in [1.29, 1.82) is 0 Å². The highest BCUT2D eigenvalue weighted by Gasteiger charge is 2.13. The molecule has 0 saturated carbocycles. The number of hydrogen-bond acceptors (Lipinski definition) is 4. The molecule has 1 atom stereocenters. The SMILES string of the molecule is CC(C)(C)NCC(O)c1ccc(OCc2cccc(N)c2)cc1.Cl. The van der Waals surface area contributed by atoms with Crippen LogP contribution in [0, 0.1) is 0 Å². The van der Waals surface area contributed by atoms with Crippen LogP contribution in [0.5, 0.6) is 5.75 Å². The smallest absolute Gasteiger partial charge is 0.119 e. The van der Waals surface area contributed by atoms with Gasteiger partial charge >= 0.3 is 0 Å². The van der Waals surface area contributed by atoms with Gasteiger partial charge in [0.25, 0.3) is 0 Å². The standard InChI is InChI=1S/C19H26N2O2.ClH/c1-19(2,3)21-12-18(22)15-7-9-17(10-8-15)23-13-14-5-4-6-16(20)11-14;/h4-11,18,21-22H,12-13,20H2,1-3H3;1H. The third-order valence-electron chi connectivity index (χ3n) is 3.45. The average Bonchev–Trinajstić information content (AvgIpc) is 2.50. The average molecular weight is 351 g/mol. The maximum Gasteiger partial charge on any atom is 0.119 e. The van der Waals surface area contributed by atoms with Crippen molar-refractivity contribution in [2.24, 2.45) is 0 Å². The Morgan fingerprint density at radius 2 is 1.79 bits per heavy atom. The highest BCUT2D eigenvalue weighted by molar-refractivity contribution is 5.85. The lowest BCUT2D eigenvalue weighted by Crippen LogP contribution is -2.38. The van der Waals surface area contributed by atoms with Crippen LogP contribution in [0.3, 0.4) is 0 Å². The molecule has 2 aromatic carbocycles. The molecule has 0 bridgehead atoms. The number of β-amino-alcohol motifs (C(OH)–C–C–N with tert-alkyl or cyclic N) is 1. The van der Waals surface area contributed by atoms with Gasteiger partial charge in [-0.05, 0) is 56.2 Å². The van der Waals surface area contributed by atoms with Crippen molar-refractivity contribution >= 4 is 18.1 Å². The number of aliphatic hydroxyl groups excluding tert-OH is 1. The molecular weight excluding hydrogens is 324 g/mol. The Bertz CT molecular complexity index is 624. The molecule has 2 rings (SSSR count). The van der Waals surface area contributed by atoms with Gasteiger partial charge in [0.05, 0.1) is 6.10 Å². The fraction of sp³-hybridized carbons (Fsp3) is 0.368. The second-order valence-corrected chi connectivity index (χ2v) is 6.75. The molecule has 0 aliphatic heterocycles. The lowest BCUT2D eigenvalue weighted by atomic mass is 10.1. The molecule has 0 aromatic heterocycles. The van der Waals surface area contributed by atoms with E-state index in [1.807, 2.05) is 48.5 Å². The second kappa shape index (κ2) is 8.92. The van der Waals surface area contributed by atoms with Crippen LogP contribution in [0.25, 0.3) is 0 Å². The van der Waals surface area contributed by atoms with Crippen LogP contribution in [0.2, 0.25) is 0 Å². The number of nitrogens with one attached hydrogen (secondary N) is 1. The first-order chi connectivity index (χ1) is 10.8. The number of ether oxygens (including phenoxy) is 1. The largest absolute Gasteiger partial charge is 0.489 e. The Kier molecular flexibility index (Phi) is 7.55. The zero-order chi connectivity index (χ0) is 16.9. The second-order valence-electron chi connectivity index (χ2n) is 6.75. The molecule has 0 saturated heterocycles. The van der Waals surface area contributed by atoms with Crippen LogP contribution >= 0.6 is 12.4 Å². The van der Waals surface area contributed by atoms with Gasteiger partial charge in [-0.15, -0.1) is 12.4 Å². The molecule has 0 spiro atoms. The van der Waals surface area contributed by atoms with Crippen LogP contribution in [0.1, 0.15) is 38.0 Å². The first-order valence-corrected chi connectivity index (χ1v) is 7.84. The van der Waals surface area contributed by atoms with Gasteiger partial charge in [0.15, 0.2) is 0 Å². The van der Waals surface area contributed by atoms with E-state index >= 15 is 0 Å². The summed E-state index contributed by atoms with van der Waals surface area (Å²) < 4.78 is 5.74. The van der Waals surface area contributed by atoms with Crippen LogP contribution < -0.4 is 15.8 Å². The summed E-state index contributed by atoms with van der Waals surface area (Å²) in [5.41, 5.74) is 8.37. The maximum atomic E-state index is 10.2. The van der Waals surface area contributed by atoms with Crippen molar-refractivity contribution in [2.75, 3.05) is 12.3 Å². The van der Waals surface area contributed by atoms with Crippen molar-refractivity contribution in [2.45, 2.75) is 39.0 Å². The normalized spacial score (nSPS) is 12.3. The third kappa shape index (κ3) is 6.79. The minimum absolute atomic E-state index is 0. The molecule has 1 unspecified atom stereocenters. The molecule has 0 amide bonds. The zero-order valence-electron chi connectivity index (χ0n) is 14.5. The van der Waals surface area contributed by atoms with E-state index in [4.69, 9.17) is 10.5 Å². The van der Waals surface area contributed by atoms with E-state index in [1.165, 1.54) is 0 Å². The van der Waals surface area contributed by atoms with E-state index < -0.39 is 6.10 Å². The molecule has 4 nitrogen and oxygen atoms in total. The molecule has 24 heavy (non-hydrogen) atoms. The maximum absolute atomic E-state index is 10.2. The lowest BCUT2D eigenvalue weighted by molar-refractivity contribution is 0.163. The third-order valence-corrected chi connectivity index (χ3v) is 3.45. The molecule has 2 aromatic rings. The molecule has 0 aliphatic rings. The fourth-order valence-corrected chi connectivity index (χ4v) is 2.16. The van der Waals surface area contributed by atoms with Gasteiger partial charge in [0.1, 0.15) is 12.4 Å². The highest BCUT2D eigenvalue weighted by Crippen LogP contribution is 2.19. The predicted molar refractivity (Wildman–Crippen MR) is 102 cm³/mol. The van der Waals surface area contributed by atoms with Crippen molar-refractivity contribution < 1.29 is 9.84 Å². The van der Waals surface area contributed by atoms with E-state index in [0.29, 0.717) is 13.2 Å². The van der Waals surface area contributed by atoms with E-state index in [1.54, 1.807) is 0 Å². The Morgan fingerprint density at radius 1 is 1.12 bits per heavy atom. The number of benzene rings is 2. The number of rotatable bonds is 6. The summed E-state index contributed by atoms with van der Waals surface area (Å²) in [5.74, 6) is 0.771. The summed E-state index contributed by atoms with van der Waals surface area (Å²) in [7, 11) is 0. The highest BCUT2D eigenvalue weighted by atomic mass is 35.5. The van der Waals surface area contributed by atoms with Gasteiger partial charge in [0, 0.05) is 17.8 Å². The first-order valence-electron chi connectivity index (χ1n) is 7.84. The minimum Gasteiger partial charge on any atom is -0.489 e. The molecule has 132 valence electrons. The Balaban J connectivity index is 0.00000288. The van der Waals surface area contributed by atoms with E-state index in [0.717, 1.165) is 22.6 Å². The summed E-state index contributed by atoms with van der Waals surface area (Å²) in [6.07, 6.45) is -0.530. The zero-order valence-corrected chi connectivity index (χ0v) is 15.3. The number of aliphatic hydroxyl groups is 1. The van der Waals surface area contributed by atoms with Gasteiger partial charge in [-0.2, -0.15) is 0 Å². The van der Waals surface area contributed by atoms with Crippen molar-refractivity contribution in [3.8, 4) is 5.75 Å². The molecular formula is C19H27ClN2O2. The molecule has 5 heteroatoms. The fourth-order valence-electron chi connectivity index (χ4n) is 2.16. The lowest BCUT2D eigenvalue weighted by Gasteiger charge is -2.23. The van der Waals surface area contributed by atoms with Crippen LogP contribution in [0.15, 0.2) is 48.5 Å². The number of hydrogen-bond donors (Lipinski definition) is 3. The summed E-state index contributed by atoms with van der Waals surface area (Å²) in [6, 6.07) is 15.2. The van der Waals surface area contributed by atoms with Gasteiger partial charge in [-0.1, -0.05) is 24.3 Å². The predicted octanol–water partition coefficient (Wildman–Crippen LogP) is 3.69. The number of nitrogen functional groups attached to an aromatic ring is 1. The topological polar surface area (TPSA) is 67.5 Å². The van der Waals surface area contributed by atoms with Crippen molar-refractivity contribution in [1.82, 2.24) is 5.32 Å². The van der Waals surface area contributed by atoms with Gasteiger partial charge in [-0.25, -0.2) is 0 Å². The summed E-state index contributed by atoms with van der Waals surface area (Å²) in [6.45, 7) is 7.22. The van der Waals surface area contributed by atoms with Gasteiger partial charge in [0.2, 0.25) is 0 Å². The van der Waals surface area contributed by atoms with E-state index in [2.05, 4.69) is 26.1 Å². The molecule has 0 radical (unpaired) electrons. The number of anilines is 1. The van der Waals surface area contributed by atoms with Crippen molar-refractivity contribution in [3.05, 3.63) is 59.7 Å². The summed E-state index contributed by atoms with van der Waals surface area (Å²) in [5, 5.41) is 13.5. The summed E-state index contributed by atoms with van der Waals surface area (Å²) in [4.78, 5) is 0. The monoisotopic (exact) mass is 350 g/mol. The Morgan fingerprint density at radius 3 is 2.38 bits per heavy atom. The van der Waals surface area contributed by atoms with Crippen molar-refractivity contribution in [3.63, 3.8) is 0 Å². The Hall–Kier alpha value is -1.75. The van der Waals surface area contributed by atoms with Gasteiger partial charge < -0.3 is 20.9 Å². The number of nitrogens with two attached hydrogens (primary N) is 1. The van der Waals surface area contributed by atoms with E-state index in [9.17, 15) is 5.11 Å². The molecule has 0 aliphatic carbocycles. The van der Waals surface area contributed by atoms with Crippen LogP contribution in [-0.2, 0) is 6.61 Å². The first kappa shape index (κ1) is 20.3. The van der Waals surface area contributed by atoms with Gasteiger partial charge in [-0.3, -0.25) is 0 Å². The molecule has 0 heterocycles. The molecule has 4 N–H and O–H groups in total. The van der Waals surface area contributed by atoms with Crippen LogP contribution in [0.4, 0.5) is 5.69 Å². The summed E-state index contributed by atoms with van der Waals surface area (Å²) >= 11 is 0.